The van der Waals surface area contributed by atoms with Crippen LogP contribution < -0.4 is 4.72 Å². The number of rotatable bonds is 4. The minimum atomic E-state index is -4.37. The Labute approximate surface area is 98.7 Å². The lowest BCUT2D eigenvalue weighted by Crippen LogP contribution is -2.23. The third kappa shape index (κ3) is 4.31. The molecule has 0 spiro atoms. The molecule has 0 aliphatic heterocycles. The summed E-state index contributed by atoms with van der Waals surface area (Å²) in [5.41, 5.74) is 0. The summed E-state index contributed by atoms with van der Waals surface area (Å²) < 4.78 is 35.8. The summed E-state index contributed by atoms with van der Waals surface area (Å²) in [7, 11) is -8.20. The summed E-state index contributed by atoms with van der Waals surface area (Å²) >= 11 is 4.05. The van der Waals surface area contributed by atoms with Crippen LogP contribution in [0.4, 0.5) is 0 Å². The average Bonchev–Trinajstić information content (AvgIpc) is 2.48. The van der Waals surface area contributed by atoms with Gasteiger partial charge in [0.05, 0.1) is 3.79 Å². The van der Waals surface area contributed by atoms with E-state index in [0.29, 0.717) is 3.79 Å². The van der Waals surface area contributed by atoms with E-state index in [1.807, 2.05) is 4.72 Å². The van der Waals surface area contributed by atoms with Gasteiger partial charge in [-0.3, -0.25) is 4.57 Å². The van der Waals surface area contributed by atoms with E-state index in [1.54, 1.807) is 0 Å². The third-order valence-electron chi connectivity index (χ3n) is 1.27. The van der Waals surface area contributed by atoms with Crippen molar-refractivity contribution < 1.29 is 22.8 Å². The fraction of sp³-hybridized carbons (Fsp3) is 0.200. The maximum absolute atomic E-state index is 11.4. The Balaban J connectivity index is 2.82. The lowest BCUT2D eigenvalue weighted by Gasteiger charge is -2.05. The number of hydrogen-bond donors (Lipinski definition) is 3. The fourth-order valence-corrected chi connectivity index (χ4v) is 4.75. The van der Waals surface area contributed by atoms with Gasteiger partial charge in [0.25, 0.3) is 10.0 Å². The first-order valence-corrected chi connectivity index (χ1v) is 8.39. The number of halogens is 1. The third-order valence-corrected chi connectivity index (χ3v) is 5.57. The highest BCUT2D eigenvalue weighted by Gasteiger charge is 2.21. The second-order valence-corrected chi connectivity index (χ2v) is 8.63. The molecule has 0 aromatic carbocycles. The molecule has 0 aliphatic rings. The fourth-order valence-electron chi connectivity index (χ4n) is 0.682. The molecule has 0 amide bonds. The smallest absolute Gasteiger partial charge is 0.324 e. The van der Waals surface area contributed by atoms with E-state index in [2.05, 4.69) is 15.9 Å². The molecule has 1 aromatic heterocycles. The van der Waals surface area contributed by atoms with Crippen molar-refractivity contribution in [3.05, 3.63) is 15.9 Å². The molecule has 86 valence electrons. The quantitative estimate of drug-likeness (QED) is 0.710. The van der Waals surface area contributed by atoms with Crippen molar-refractivity contribution in [2.24, 2.45) is 0 Å². The van der Waals surface area contributed by atoms with Gasteiger partial charge in [-0.1, -0.05) is 0 Å². The van der Waals surface area contributed by atoms with Gasteiger partial charge in [0.2, 0.25) is 0 Å². The molecule has 0 saturated carbocycles. The molecular weight excluding hydrogens is 329 g/mol. The van der Waals surface area contributed by atoms with Crippen molar-refractivity contribution in [3.63, 3.8) is 0 Å². The van der Waals surface area contributed by atoms with E-state index in [1.165, 1.54) is 12.1 Å². The molecule has 6 nitrogen and oxygen atoms in total. The van der Waals surface area contributed by atoms with Crippen molar-refractivity contribution in [2.75, 3.05) is 6.29 Å². The molecule has 10 heteroatoms. The van der Waals surface area contributed by atoms with Gasteiger partial charge < -0.3 is 9.79 Å². The molecule has 0 saturated heterocycles. The summed E-state index contributed by atoms with van der Waals surface area (Å²) in [5.74, 6) is 0. The summed E-state index contributed by atoms with van der Waals surface area (Å²) in [6.07, 6.45) is -0.898. The monoisotopic (exact) mass is 335 g/mol. The van der Waals surface area contributed by atoms with Crippen LogP contribution in [0.15, 0.2) is 20.1 Å². The van der Waals surface area contributed by atoms with Gasteiger partial charge in [0.15, 0.2) is 0 Å². The van der Waals surface area contributed by atoms with E-state index in [-0.39, 0.29) is 4.21 Å². The number of thiophene rings is 1. The molecule has 3 N–H and O–H groups in total. The van der Waals surface area contributed by atoms with Crippen molar-refractivity contribution in [1.29, 1.82) is 0 Å². The standard InChI is InChI=1S/C5H7BrNO5PS2/c6-4-1-2-5(14-4)15(11,12)7-3-13(8,9)10/h1-2,7H,3H2,(H2,8,9,10). The van der Waals surface area contributed by atoms with Crippen LogP contribution in [0.5, 0.6) is 0 Å². The Morgan fingerprint density at radius 2 is 2.07 bits per heavy atom. The minimum Gasteiger partial charge on any atom is -0.324 e. The van der Waals surface area contributed by atoms with Crippen LogP contribution in [-0.2, 0) is 14.6 Å². The Morgan fingerprint density at radius 1 is 1.47 bits per heavy atom. The largest absolute Gasteiger partial charge is 0.340 e. The van der Waals surface area contributed by atoms with Crippen molar-refractivity contribution in [3.8, 4) is 0 Å². The zero-order valence-electron chi connectivity index (χ0n) is 7.12. The number of hydrogen-bond acceptors (Lipinski definition) is 4. The highest BCUT2D eigenvalue weighted by atomic mass is 79.9. The second kappa shape index (κ2) is 4.62. The molecular formula is C5H7BrNO5PS2. The molecule has 0 unspecified atom stereocenters. The van der Waals surface area contributed by atoms with Gasteiger partial charge >= 0.3 is 7.60 Å². The van der Waals surface area contributed by atoms with Crippen molar-refractivity contribution in [1.82, 2.24) is 4.72 Å². The van der Waals surface area contributed by atoms with E-state index < -0.39 is 23.9 Å². The molecule has 1 aromatic rings. The van der Waals surface area contributed by atoms with E-state index in [4.69, 9.17) is 9.79 Å². The molecule has 0 atom stereocenters. The lowest BCUT2D eigenvalue weighted by atomic mass is 10.7. The first-order chi connectivity index (χ1) is 6.71. The van der Waals surface area contributed by atoms with E-state index in [0.717, 1.165) is 11.3 Å². The summed E-state index contributed by atoms with van der Waals surface area (Å²) in [5, 5.41) is 0. The topological polar surface area (TPSA) is 104 Å². The van der Waals surface area contributed by atoms with Crippen LogP contribution in [0.3, 0.4) is 0 Å². The Morgan fingerprint density at radius 3 is 2.47 bits per heavy atom. The van der Waals surface area contributed by atoms with Crippen LogP contribution in [0.2, 0.25) is 0 Å². The summed E-state index contributed by atoms with van der Waals surface area (Å²) in [4.78, 5) is 17.0. The van der Waals surface area contributed by atoms with Crippen LogP contribution in [0, 0.1) is 0 Å². The van der Waals surface area contributed by atoms with Gasteiger partial charge in [-0.2, -0.15) is 4.72 Å². The predicted molar refractivity (Wildman–Crippen MR) is 59.3 cm³/mol. The van der Waals surface area contributed by atoms with Crippen molar-refractivity contribution in [2.45, 2.75) is 4.21 Å². The minimum absolute atomic E-state index is 0.00262. The van der Waals surface area contributed by atoms with Crippen molar-refractivity contribution >= 4 is 44.9 Å². The zero-order valence-corrected chi connectivity index (χ0v) is 11.2. The van der Waals surface area contributed by atoms with Gasteiger partial charge in [-0.15, -0.1) is 11.3 Å². The zero-order chi connectivity index (χ0) is 11.7. The maximum Gasteiger partial charge on any atom is 0.340 e. The molecule has 1 rings (SSSR count). The Bertz CT molecular complexity index is 491. The summed E-state index contributed by atoms with van der Waals surface area (Å²) in [6, 6.07) is 2.88. The SMILES string of the molecule is O=P(O)(O)CNS(=O)(=O)c1ccc(Br)s1. The molecule has 0 bridgehead atoms. The highest BCUT2D eigenvalue weighted by molar-refractivity contribution is 9.11. The second-order valence-electron chi connectivity index (χ2n) is 2.53. The molecule has 15 heavy (non-hydrogen) atoms. The Hall–Kier alpha value is 0.240. The normalized spacial score (nSPS) is 13.0. The van der Waals surface area contributed by atoms with Crippen LogP contribution in [0.25, 0.3) is 0 Å². The Kier molecular flexibility index (Phi) is 4.10. The highest BCUT2D eigenvalue weighted by Crippen LogP contribution is 2.33. The van der Waals surface area contributed by atoms with Crippen LogP contribution >= 0.6 is 34.9 Å². The van der Waals surface area contributed by atoms with Gasteiger partial charge in [-0.05, 0) is 28.1 Å². The average molecular weight is 336 g/mol. The van der Waals surface area contributed by atoms with Crippen LogP contribution in [-0.4, -0.2) is 24.5 Å². The molecule has 0 aliphatic carbocycles. The first kappa shape index (κ1) is 13.3. The van der Waals surface area contributed by atoms with E-state index in [9.17, 15) is 13.0 Å². The predicted octanol–water partition coefficient (Wildman–Crippen LogP) is 0.924. The number of sulfonamides is 1. The van der Waals surface area contributed by atoms with Crippen LogP contribution in [0.1, 0.15) is 0 Å². The first-order valence-electron chi connectivity index (χ1n) is 3.50. The van der Waals surface area contributed by atoms with Gasteiger partial charge in [0, 0.05) is 0 Å². The van der Waals surface area contributed by atoms with E-state index >= 15 is 0 Å². The lowest BCUT2D eigenvalue weighted by molar-refractivity contribution is 0.371. The molecule has 0 radical (unpaired) electrons. The van der Waals surface area contributed by atoms with Gasteiger partial charge in [0.1, 0.15) is 10.5 Å². The van der Waals surface area contributed by atoms with Gasteiger partial charge in [-0.25, -0.2) is 8.42 Å². The number of nitrogens with one attached hydrogen (secondary N) is 1. The maximum atomic E-state index is 11.4. The molecule has 0 fully saturated rings. The molecule has 1 heterocycles. The summed E-state index contributed by atoms with van der Waals surface area (Å²) in [6.45, 7) is 0.